The number of aliphatic hydroxyl groups is 2. The van der Waals surface area contributed by atoms with Crippen molar-refractivity contribution in [2.45, 2.75) is 90.3 Å². The van der Waals surface area contributed by atoms with Gasteiger partial charge in [0.15, 0.2) is 5.79 Å². The van der Waals surface area contributed by atoms with Crippen molar-refractivity contribution in [2.24, 2.45) is 0 Å². The molecular weight excluding hydrogens is 316 g/mol. The summed E-state index contributed by atoms with van der Waals surface area (Å²) in [4.78, 5) is 10.2. The first-order valence-electron chi connectivity index (χ1n) is 9.66. The minimum Gasteiger partial charge on any atom is -0.481 e. The Morgan fingerprint density at radius 3 is 1.76 bits per heavy atom. The summed E-state index contributed by atoms with van der Waals surface area (Å²) < 4.78 is 0. The molecule has 0 saturated carbocycles. The maximum absolute atomic E-state index is 10.2. The van der Waals surface area contributed by atoms with Gasteiger partial charge in [-0.2, -0.15) is 0 Å². The molecule has 1 aromatic rings. The van der Waals surface area contributed by atoms with Gasteiger partial charge in [0, 0.05) is 18.4 Å². The van der Waals surface area contributed by atoms with E-state index in [0.29, 0.717) is 18.4 Å². The van der Waals surface area contributed by atoms with Gasteiger partial charge in [0.25, 0.3) is 0 Å². The fourth-order valence-electron chi connectivity index (χ4n) is 2.50. The van der Waals surface area contributed by atoms with Gasteiger partial charge >= 0.3 is 5.97 Å². The second-order valence-corrected chi connectivity index (χ2v) is 6.51. The van der Waals surface area contributed by atoms with Crippen LogP contribution in [0, 0.1) is 0 Å². The van der Waals surface area contributed by atoms with E-state index < -0.39 is 11.8 Å². The molecule has 1 aromatic carbocycles. The van der Waals surface area contributed by atoms with Crippen molar-refractivity contribution in [1.82, 2.24) is 0 Å². The van der Waals surface area contributed by atoms with E-state index in [0.717, 1.165) is 12.8 Å². The van der Waals surface area contributed by atoms with Crippen molar-refractivity contribution in [3.8, 4) is 0 Å². The minimum absolute atomic E-state index is 0.303. The monoisotopic (exact) mass is 352 g/mol. The van der Waals surface area contributed by atoms with Crippen LogP contribution in [0.1, 0.15) is 90.0 Å². The number of aliphatic carboxylic acids is 1. The molecule has 0 saturated heterocycles. The summed E-state index contributed by atoms with van der Waals surface area (Å²) in [6, 6.07) is 8.81. The van der Waals surface area contributed by atoms with Crippen molar-refractivity contribution >= 4 is 5.97 Å². The maximum atomic E-state index is 10.2. The topological polar surface area (TPSA) is 77.8 Å². The summed E-state index contributed by atoms with van der Waals surface area (Å²) in [6.07, 6.45) is 11.8. The zero-order valence-electron chi connectivity index (χ0n) is 15.9. The van der Waals surface area contributed by atoms with Gasteiger partial charge in [0.1, 0.15) is 0 Å². The Labute approximate surface area is 152 Å². The normalized spacial score (nSPS) is 10.9. The van der Waals surface area contributed by atoms with Crippen LogP contribution in [-0.2, 0) is 10.6 Å². The quantitative estimate of drug-likeness (QED) is 0.356. The first kappa shape index (κ1) is 23.6. The molecule has 3 N–H and O–H groups in total. The van der Waals surface area contributed by atoms with Gasteiger partial charge in [-0.1, -0.05) is 95.5 Å². The molecule has 1 rings (SSSR count). The molecule has 0 fully saturated rings. The van der Waals surface area contributed by atoms with Gasteiger partial charge in [-0.15, -0.1) is 0 Å². The molecule has 0 bridgehead atoms. The lowest BCUT2D eigenvalue weighted by molar-refractivity contribution is -0.171. The number of unbranched alkanes of at least 4 members (excludes halogenated alkanes) is 8. The molecule has 0 amide bonds. The van der Waals surface area contributed by atoms with Gasteiger partial charge in [-0.25, -0.2) is 0 Å². The highest BCUT2D eigenvalue weighted by Crippen LogP contribution is 2.20. The summed E-state index contributed by atoms with van der Waals surface area (Å²) in [5, 5.41) is 27.1. The number of carboxylic acids is 1. The number of carboxylic acid groups (broad SMARTS) is 1. The minimum atomic E-state index is -1.67. The molecule has 0 aromatic heterocycles. The Morgan fingerprint density at radius 1 is 0.840 bits per heavy atom. The smallest absolute Gasteiger partial charge is 0.303 e. The van der Waals surface area contributed by atoms with Crippen LogP contribution < -0.4 is 0 Å². The first-order chi connectivity index (χ1) is 11.9. The molecule has 0 aliphatic heterocycles. The lowest BCUT2D eigenvalue weighted by atomic mass is 10.0. The fourth-order valence-corrected chi connectivity index (χ4v) is 2.50. The van der Waals surface area contributed by atoms with Crippen LogP contribution in [0.15, 0.2) is 30.3 Å². The van der Waals surface area contributed by atoms with E-state index in [4.69, 9.17) is 5.11 Å². The number of rotatable bonds is 12. The van der Waals surface area contributed by atoms with E-state index >= 15 is 0 Å². The Morgan fingerprint density at radius 2 is 1.32 bits per heavy atom. The van der Waals surface area contributed by atoms with Gasteiger partial charge in [0.2, 0.25) is 0 Å². The number of benzene rings is 1. The van der Waals surface area contributed by atoms with E-state index in [1.54, 1.807) is 31.2 Å². The molecular formula is C21H36O4. The van der Waals surface area contributed by atoms with E-state index in [9.17, 15) is 15.0 Å². The second kappa shape index (κ2) is 14.9. The van der Waals surface area contributed by atoms with Crippen LogP contribution in [0.5, 0.6) is 0 Å². The Balaban J connectivity index is 0.000000472. The molecule has 144 valence electrons. The third kappa shape index (κ3) is 13.6. The molecule has 0 aliphatic carbocycles. The molecule has 0 unspecified atom stereocenters. The standard InChI is InChI=1S/C12H24O2.C9H12O2/c1-2-3-4-5-6-7-8-9-10-11-12(13)14;1-2-9(10,11)8-6-4-3-5-7-8/h2-11H2,1H3,(H,13,14);3-7,10-11H,2H2,1H3. The third-order valence-electron chi connectivity index (χ3n) is 4.22. The largest absolute Gasteiger partial charge is 0.481 e. The zero-order chi connectivity index (χ0) is 19.0. The highest BCUT2D eigenvalue weighted by atomic mass is 16.5. The lowest BCUT2D eigenvalue weighted by Crippen LogP contribution is -2.23. The summed E-state index contributed by atoms with van der Waals surface area (Å²) in [5.41, 5.74) is 0.544. The van der Waals surface area contributed by atoms with Crippen LogP contribution in [0.25, 0.3) is 0 Å². The number of carbonyl (C=O) groups is 1. The zero-order valence-corrected chi connectivity index (χ0v) is 15.9. The van der Waals surface area contributed by atoms with Crippen LogP contribution in [0.4, 0.5) is 0 Å². The summed E-state index contributed by atoms with van der Waals surface area (Å²) >= 11 is 0. The van der Waals surface area contributed by atoms with Gasteiger partial charge in [-0.3, -0.25) is 4.79 Å². The molecule has 0 atom stereocenters. The second-order valence-electron chi connectivity index (χ2n) is 6.51. The summed E-state index contributed by atoms with van der Waals surface area (Å²) in [6.45, 7) is 3.96. The van der Waals surface area contributed by atoms with Gasteiger partial charge in [-0.05, 0) is 6.42 Å². The van der Waals surface area contributed by atoms with E-state index in [2.05, 4.69) is 6.92 Å². The van der Waals surface area contributed by atoms with Gasteiger partial charge in [0.05, 0.1) is 0 Å². The average molecular weight is 353 g/mol. The molecule has 0 spiro atoms. The number of hydrogen-bond acceptors (Lipinski definition) is 3. The fraction of sp³-hybridized carbons (Fsp3) is 0.667. The van der Waals surface area contributed by atoms with Crippen LogP contribution in [0.2, 0.25) is 0 Å². The van der Waals surface area contributed by atoms with E-state index in [1.165, 1.54) is 44.9 Å². The van der Waals surface area contributed by atoms with Crippen LogP contribution >= 0.6 is 0 Å². The Bertz CT molecular complexity index is 429. The molecule has 0 aliphatic rings. The van der Waals surface area contributed by atoms with E-state index in [1.807, 2.05) is 6.07 Å². The molecule has 0 heterocycles. The van der Waals surface area contributed by atoms with Crippen molar-refractivity contribution in [3.63, 3.8) is 0 Å². The van der Waals surface area contributed by atoms with Crippen molar-refractivity contribution < 1.29 is 20.1 Å². The Hall–Kier alpha value is -1.39. The first-order valence-corrected chi connectivity index (χ1v) is 9.66. The lowest BCUT2D eigenvalue weighted by Gasteiger charge is -2.19. The SMILES string of the molecule is CCC(O)(O)c1ccccc1.CCCCCCCCCCCC(=O)O. The predicted molar refractivity (Wildman–Crippen MR) is 102 cm³/mol. The molecule has 4 heteroatoms. The van der Waals surface area contributed by atoms with E-state index in [-0.39, 0.29) is 0 Å². The van der Waals surface area contributed by atoms with Crippen LogP contribution in [-0.4, -0.2) is 21.3 Å². The third-order valence-corrected chi connectivity index (χ3v) is 4.22. The Kier molecular flexibility index (Phi) is 14.1. The molecule has 0 radical (unpaired) electrons. The highest BCUT2D eigenvalue weighted by molar-refractivity contribution is 5.66. The summed E-state index contributed by atoms with van der Waals surface area (Å²) in [7, 11) is 0. The maximum Gasteiger partial charge on any atom is 0.303 e. The van der Waals surface area contributed by atoms with Crippen molar-refractivity contribution in [1.29, 1.82) is 0 Å². The van der Waals surface area contributed by atoms with Crippen molar-refractivity contribution in [2.75, 3.05) is 0 Å². The summed E-state index contributed by atoms with van der Waals surface area (Å²) in [5.74, 6) is -2.32. The molecule has 4 nitrogen and oxygen atoms in total. The number of hydrogen-bond donors (Lipinski definition) is 3. The average Bonchev–Trinajstić information content (AvgIpc) is 2.61. The van der Waals surface area contributed by atoms with Gasteiger partial charge < -0.3 is 15.3 Å². The van der Waals surface area contributed by atoms with Crippen LogP contribution in [0.3, 0.4) is 0 Å². The predicted octanol–water partition coefficient (Wildman–Crippen LogP) is 5.23. The molecule has 25 heavy (non-hydrogen) atoms. The van der Waals surface area contributed by atoms with Crippen molar-refractivity contribution in [3.05, 3.63) is 35.9 Å². The highest BCUT2D eigenvalue weighted by Gasteiger charge is 2.21.